The lowest BCUT2D eigenvalue weighted by molar-refractivity contribution is -0.577. The van der Waals surface area contributed by atoms with Gasteiger partial charge in [0, 0.05) is 30.6 Å². The average Bonchev–Trinajstić information content (AvgIpc) is 3.10. The molecule has 10 aliphatic rings. The van der Waals surface area contributed by atoms with E-state index in [1.165, 1.54) is 6.42 Å². The van der Waals surface area contributed by atoms with Crippen LogP contribution >= 0.6 is 0 Å². The van der Waals surface area contributed by atoms with Crippen LogP contribution in [0.25, 0.3) is 0 Å². The molecule has 10 rings (SSSR count). The molecule has 8 saturated heterocycles. The zero-order chi connectivity index (χ0) is 27.0. The molecule has 4 bridgehead atoms. The van der Waals surface area contributed by atoms with Crippen LogP contribution in [0.3, 0.4) is 0 Å². The van der Waals surface area contributed by atoms with Crippen LogP contribution in [-0.2, 0) is 43.2 Å². The molecule has 220 valence electrons. The van der Waals surface area contributed by atoms with Crippen LogP contribution < -0.4 is 0 Å². The summed E-state index contributed by atoms with van der Waals surface area (Å²) in [4.78, 5) is 24.6. The van der Waals surface area contributed by atoms with E-state index < -0.39 is 47.2 Å². The molecule has 2 aliphatic carbocycles. The van der Waals surface area contributed by atoms with E-state index in [-0.39, 0.29) is 17.8 Å². The monoisotopic (exact) mass is 550 g/mol. The maximum absolute atomic E-state index is 6.81. The molecule has 10 fully saturated rings. The summed E-state index contributed by atoms with van der Waals surface area (Å²) >= 11 is 0. The third-order valence-electron chi connectivity index (χ3n) is 12.5. The van der Waals surface area contributed by atoms with E-state index >= 15 is 0 Å². The van der Waals surface area contributed by atoms with Crippen LogP contribution in [0.4, 0.5) is 0 Å². The Hall–Kier alpha value is -0.360. The Bertz CT molecular complexity index is 1010. The summed E-state index contributed by atoms with van der Waals surface area (Å²) in [5.41, 5.74) is -1.79. The van der Waals surface area contributed by atoms with E-state index in [4.69, 9.17) is 43.2 Å². The normalized spacial score (nSPS) is 63.2. The van der Waals surface area contributed by atoms with Crippen LogP contribution in [0.5, 0.6) is 0 Å². The molecule has 0 aromatic carbocycles. The second-order valence-corrected chi connectivity index (χ2v) is 14.9. The summed E-state index contributed by atoms with van der Waals surface area (Å²) < 4.78 is 33.3. The predicted octanol–water partition coefficient (Wildman–Crippen LogP) is 5.22. The molecule has 8 aliphatic heterocycles. The fourth-order valence-electron chi connectivity index (χ4n) is 10.3. The molecule has 0 amide bonds. The van der Waals surface area contributed by atoms with Gasteiger partial charge < -0.3 is 23.7 Å². The van der Waals surface area contributed by atoms with Crippen molar-refractivity contribution >= 4 is 0 Å². The van der Waals surface area contributed by atoms with Crippen molar-refractivity contribution in [3.05, 3.63) is 0 Å². The smallest absolute Gasteiger partial charge is 0.201 e. The first-order valence-corrected chi connectivity index (χ1v) is 15.6. The van der Waals surface area contributed by atoms with Gasteiger partial charge in [0.05, 0.1) is 12.2 Å². The molecule has 6 unspecified atom stereocenters. The Morgan fingerprint density at radius 2 is 1.26 bits per heavy atom. The van der Waals surface area contributed by atoms with Crippen molar-refractivity contribution in [2.24, 2.45) is 41.4 Å². The van der Waals surface area contributed by atoms with Gasteiger partial charge in [0.1, 0.15) is 0 Å². The van der Waals surface area contributed by atoms with Gasteiger partial charge in [0.25, 0.3) is 0 Å². The van der Waals surface area contributed by atoms with Gasteiger partial charge in [0.2, 0.25) is 11.6 Å². The largest absolute Gasteiger partial charge is 0.349 e. The van der Waals surface area contributed by atoms with E-state index in [2.05, 4.69) is 27.7 Å². The molecule has 0 radical (unpaired) electrons. The van der Waals surface area contributed by atoms with Crippen molar-refractivity contribution in [2.45, 2.75) is 140 Å². The van der Waals surface area contributed by atoms with Crippen LogP contribution in [0.2, 0.25) is 0 Å². The molecule has 8 heterocycles. The Labute approximate surface area is 231 Å². The van der Waals surface area contributed by atoms with Gasteiger partial charge >= 0.3 is 0 Å². The third-order valence-corrected chi connectivity index (χ3v) is 12.5. The minimum absolute atomic E-state index is 0.102. The number of rotatable bonds is 3. The first-order chi connectivity index (χ1) is 18.5. The second-order valence-electron chi connectivity index (χ2n) is 14.9. The van der Waals surface area contributed by atoms with Crippen molar-refractivity contribution in [3.63, 3.8) is 0 Å². The Kier molecular flexibility index (Phi) is 5.65. The highest BCUT2D eigenvalue weighted by Crippen LogP contribution is 2.64. The number of fused-ring (bicyclic) bond motifs is 4. The fourth-order valence-corrected chi connectivity index (χ4v) is 10.3. The molecule has 39 heavy (non-hydrogen) atoms. The summed E-state index contributed by atoms with van der Waals surface area (Å²) in [5, 5.41) is 0. The maximum atomic E-state index is 6.81. The standard InChI is InChI=1S/C30H46O9/c1-16-7-9-21-18(3)23(32-24-29(21)19(16)11-13-27(5,34-24)36-38-29)31-15-26(4)22-10-8-17(2)20-12-14-28(6)35-25(33-26)30(20,22)39-37-28/h16-25H,7-15H2,1-6H3/t16-,17+,18-,19?,20?,21?,22?,23-,24?,25?,26+,27+,28-,29-,30+/m1/s1. The molecule has 0 aromatic heterocycles. The van der Waals surface area contributed by atoms with E-state index in [1.54, 1.807) is 0 Å². The Balaban J connectivity index is 1.06. The SMILES string of the molecule is C[C@@H]1CCC2[C@@H](C)[C@H](OC[C@]3(C)OC4O[C@@]5(C)CCC6[C@@H](C)CCC3[C@]46OO5)OC3O[C@]4(C)CCC1[C@]32OO4. The van der Waals surface area contributed by atoms with Crippen molar-refractivity contribution < 1.29 is 43.2 Å². The van der Waals surface area contributed by atoms with Gasteiger partial charge in [0.15, 0.2) is 30.1 Å². The second kappa shape index (κ2) is 8.38. The lowest BCUT2D eigenvalue weighted by Gasteiger charge is -2.60. The summed E-state index contributed by atoms with van der Waals surface area (Å²) in [5.74, 6) is 0.582. The molecule has 2 saturated carbocycles. The minimum Gasteiger partial charge on any atom is -0.349 e. The zero-order valence-electron chi connectivity index (χ0n) is 24.3. The minimum atomic E-state index is -0.797. The summed E-state index contributed by atoms with van der Waals surface area (Å²) in [6, 6.07) is 0. The van der Waals surface area contributed by atoms with Gasteiger partial charge in [-0.2, -0.15) is 0 Å². The van der Waals surface area contributed by atoms with E-state index in [0.29, 0.717) is 30.3 Å². The van der Waals surface area contributed by atoms with Crippen LogP contribution in [0.15, 0.2) is 0 Å². The molecule has 2 spiro atoms. The van der Waals surface area contributed by atoms with Gasteiger partial charge in [-0.3, -0.25) is 0 Å². The number of ether oxygens (including phenoxy) is 5. The Morgan fingerprint density at radius 3 is 1.97 bits per heavy atom. The predicted molar refractivity (Wildman–Crippen MR) is 135 cm³/mol. The molecular weight excluding hydrogens is 504 g/mol. The van der Waals surface area contributed by atoms with E-state index in [0.717, 1.165) is 44.9 Å². The maximum Gasteiger partial charge on any atom is 0.201 e. The van der Waals surface area contributed by atoms with Crippen molar-refractivity contribution in [1.29, 1.82) is 0 Å². The number of hydrogen-bond acceptors (Lipinski definition) is 9. The highest BCUT2D eigenvalue weighted by atomic mass is 17.3. The topological polar surface area (TPSA) is 83.1 Å². The lowest BCUT2D eigenvalue weighted by Crippen LogP contribution is -2.70. The Morgan fingerprint density at radius 1 is 0.641 bits per heavy atom. The fraction of sp³-hybridized carbons (Fsp3) is 1.00. The van der Waals surface area contributed by atoms with Crippen LogP contribution in [-0.4, -0.2) is 53.9 Å². The average molecular weight is 551 g/mol. The summed E-state index contributed by atoms with van der Waals surface area (Å²) in [6.07, 6.45) is 6.55. The highest BCUT2D eigenvalue weighted by molar-refractivity contribution is 5.15. The van der Waals surface area contributed by atoms with Crippen molar-refractivity contribution in [2.75, 3.05) is 6.61 Å². The van der Waals surface area contributed by atoms with Crippen LogP contribution in [0.1, 0.15) is 92.9 Å². The molecular formula is C30H46O9. The molecule has 9 nitrogen and oxygen atoms in total. The first kappa shape index (κ1) is 26.3. The van der Waals surface area contributed by atoms with Gasteiger partial charge in [-0.25, -0.2) is 19.6 Å². The third kappa shape index (κ3) is 3.40. The van der Waals surface area contributed by atoms with Gasteiger partial charge in [-0.05, 0) is 83.0 Å². The zero-order valence-corrected chi connectivity index (χ0v) is 24.3. The molecule has 0 aromatic rings. The quantitative estimate of drug-likeness (QED) is 0.440. The molecule has 0 N–H and O–H groups in total. The van der Waals surface area contributed by atoms with Crippen molar-refractivity contribution in [1.82, 2.24) is 0 Å². The van der Waals surface area contributed by atoms with E-state index in [9.17, 15) is 0 Å². The lowest BCUT2D eigenvalue weighted by atomic mass is 9.58. The van der Waals surface area contributed by atoms with Crippen molar-refractivity contribution in [3.8, 4) is 0 Å². The highest BCUT2D eigenvalue weighted by Gasteiger charge is 2.74. The van der Waals surface area contributed by atoms with Crippen LogP contribution in [0, 0.1) is 41.4 Å². The molecule has 15 atom stereocenters. The number of hydrogen-bond donors (Lipinski definition) is 0. The first-order valence-electron chi connectivity index (χ1n) is 15.6. The summed E-state index contributed by atoms with van der Waals surface area (Å²) in [6.45, 7) is 13.4. The van der Waals surface area contributed by atoms with E-state index in [1.807, 2.05) is 13.8 Å². The summed E-state index contributed by atoms with van der Waals surface area (Å²) in [7, 11) is 0. The molecule has 9 heteroatoms. The van der Waals surface area contributed by atoms with Gasteiger partial charge in [-0.1, -0.05) is 20.8 Å². The van der Waals surface area contributed by atoms with Gasteiger partial charge in [-0.15, -0.1) is 0 Å².